The highest BCUT2D eigenvalue weighted by atomic mass is 32.2. The standard InChI is InChI=1S/C15H23N3O3S/c1-11(2)3-6-16-12-4-7-17-14(9-12)15(19)18-13-5-8-22(20,21)10-13/h4,7,9,11,13H,3,5-6,8,10H2,1-2H3,(H,16,17)(H,18,19). The van der Waals surface area contributed by atoms with Gasteiger partial charge in [0, 0.05) is 24.5 Å². The van der Waals surface area contributed by atoms with Crippen LogP contribution in [0.25, 0.3) is 0 Å². The second-order valence-corrected chi connectivity index (χ2v) is 8.34. The van der Waals surface area contributed by atoms with E-state index in [2.05, 4.69) is 29.5 Å². The smallest absolute Gasteiger partial charge is 0.270 e. The molecule has 1 aliphatic heterocycles. The van der Waals surface area contributed by atoms with Gasteiger partial charge in [0.1, 0.15) is 5.69 Å². The van der Waals surface area contributed by atoms with E-state index < -0.39 is 9.84 Å². The third kappa shape index (κ3) is 4.98. The number of carbonyl (C=O) groups is 1. The molecule has 1 atom stereocenters. The lowest BCUT2D eigenvalue weighted by molar-refractivity contribution is 0.0936. The minimum atomic E-state index is -3.00. The van der Waals surface area contributed by atoms with Crippen molar-refractivity contribution in [3.8, 4) is 0 Å². The molecule has 1 fully saturated rings. The van der Waals surface area contributed by atoms with Gasteiger partial charge in [0.2, 0.25) is 0 Å². The van der Waals surface area contributed by atoms with Crippen molar-refractivity contribution >= 4 is 21.4 Å². The fraction of sp³-hybridized carbons (Fsp3) is 0.600. The van der Waals surface area contributed by atoms with Gasteiger partial charge in [-0.2, -0.15) is 0 Å². The summed E-state index contributed by atoms with van der Waals surface area (Å²) in [4.78, 5) is 16.2. The van der Waals surface area contributed by atoms with Crippen LogP contribution in [-0.4, -0.2) is 43.4 Å². The number of hydrogen-bond donors (Lipinski definition) is 2. The van der Waals surface area contributed by atoms with Crippen molar-refractivity contribution in [3.05, 3.63) is 24.0 Å². The van der Waals surface area contributed by atoms with E-state index in [1.165, 1.54) is 0 Å². The quantitative estimate of drug-likeness (QED) is 0.826. The topological polar surface area (TPSA) is 88.2 Å². The molecule has 22 heavy (non-hydrogen) atoms. The molecule has 0 radical (unpaired) electrons. The molecule has 0 aromatic carbocycles. The zero-order valence-electron chi connectivity index (χ0n) is 13.0. The van der Waals surface area contributed by atoms with E-state index in [-0.39, 0.29) is 23.5 Å². The first-order valence-corrected chi connectivity index (χ1v) is 9.39. The number of amides is 1. The van der Waals surface area contributed by atoms with Crippen LogP contribution in [-0.2, 0) is 9.84 Å². The zero-order valence-corrected chi connectivity index (χ0v) is 13.8. The van der Waals surface area contributed by atoms with Crippen LogP contribution in [0.3, 0.4) is 0 Å². The Kier molecular flexibility index (Phi) is 5.39. The number of nitrogens with zero attached hydrogens (tertiary/aromatic N) is 1. The number of sulfone groups is 1. The average molecular weight is 325 g/mol. The van der Waals surface area contributed by atoms with Gasteiger partial charge in [0.25, 0.3) is 5.91 Å². The van der Waals surface area contributed by atoms with Crippen LogP contribution in [0, 0.1) is 5.92 Å². The van der Waals surface area contributed by atoms with E-state index in [9.17, 15) is 13.2 Å². The van der Waals surface area contributed by atoms with Gasteiger partial charge in [-0.3, -0.25) is 9.78 Å². The minimum Gasteiger partial charge on any atom is -0.385 e. The minimum absolute atomic E-state index is 0.0189. The molecule has 0 spiro atoms. The van der Waals surface area contributed by atoms with Gasteiger partial charge in [0.15, 0.2) is 9.84 Å². The summed E-state index contributed by atoms with van der Waals surface area (Å²) in [5.74, 6) is 0.448. The first kappa shape index (κ1) is 16.7. The van der Waals surface area contributed by atoms with Gasteiger partial charge in [-0.1, -0.05) is 13.8 Å². The fourth-order valence-electron chi connectivity index (χ4n) is 2.34. The number of aromatic nitrogens is 1. The maximum Gasteiger partial charge on any atom is 0.270 e. The second kappa shape index (κ2) is 7.09. The summed E-state index contributed by atoms with van der Waals surface area (Å²) >= 11 is 0. The van der Waals surface area contributed by atoms with Gasteiger partial charge in [-0.25, -0.2) is 8.42 Å². The molecule has 2 heterocycles. The highest BCUT2D eigenvalue weighted by Crippen LogP contribution is 2.13. The summed E-state index contributed by atoms with van der Waals surface area (Å²) in [6.45, 7) is 5.15. The zero-order chi connectivity index (χ0) is 16.2. The van der Waals surface area contributed by atoms with Gasteiger partial charge in [-0.15, -0.1) is 0 Å². The molecule has 1 saturated heterocycles. The number of nitrogens with one attached hydrogen (secondary N) is 2. The van der Waals surface area contributed by atoms with Crippen LogP contribution in [0.2, 0.25) is 0 Å². The number of hydrogen-bond acceptors (Lipinski definition) is 5. The molecule has 2 rings (SSSR count). The van der Waals surface area contributed by atoms with Crippen molar-refractivity contribution < 1.29 is 13.2 Å². The van der Waals surface area contributed by atoms with Crippen molar-refractivity contribution in [1.82, 2.24) is 10.3 Å². The number of anilines is 1. The van der Waals surface area contributed by atoms with Crippen LogP contribution in [0.4, 0.5) is 5.69 Å². The summed E-state index contributed by atoms with van der Waals surface area (Å²) in [5.41, 5.74) is 1.15. The van der Waals surface area contributed by atoms with Crippen molar-refractivity contribution in [2.75, 3.05) is 23.4 Å². The van der Waals surface area contributed by atoms with E-state index in [0.717, 1.165) is 18.7 Å². The average Bonchev–Trinajstić information content (AvgIpc) is 2.78. The Morgan fingerprint density at radius 2 is 2.23 bits per heavy atom. The molecule has 1 unspecified atom stereocenters. The highest BCUT2D eigenvalue weighted by molar-refractivity contribution is 7.91. The van der Waals surface area contributed by atoms with Gasteiger partial charge < -0.3 is 10.6 Å². The molecule has 7 heteroatoms. The van der Waals surface area contributed by atoms with E-state index >= 15 is 0 Å². The van der Waals surface area contributed by atoms with Crippen LogP contribution >= 0.6 is 0 Å². The Morgan fingerprint density at radius 1 is 1.45 bits per heavy atom. The monoisotopic (exact) mass is 325 g/mol. The molecule has 0 bridgehead atoms. The lowest BCUT2D eigenvalue weighted by atomic mass is 10.1. The largest absolute Gasteiger partial charge is 0.385 e. The number of rotatable bonds is 6. The number of pyridine rings is 1. The lowest BCUT2D eigenvalue weighted by Gasteiger charge is -2.12. The van der Waals surface area contributed by atoms with Gasteiger partial charge in [-0.05, 0) is 30.9 Å². The first-order chi connectivity index (χ1) is 10.4. The summed E-state index contributed by atoms with van der Waals surface area (Å²) in [6, 6.07) is 3.20. The molecule has 122 valence electrons. The maximum atomic E-state index is 12.1. The lowest BCUT2D eigenvalue weighted by Crippen LogP contribution is -2.36. The van der Waals surface area contributed by atoms with Crippen molar-refractivity contribution in [1.29, 1.82) is 0 Å². The van der Waals surface area contributed by atoms with Gasteiger partial charge in [0.05, 0.1) is 11.5 Å². The summed E-state index contributed by atoms with van der Waals surface area (Å²) in [5, 5.41) is 6.01. The van der Waals surface area contributed by atoms with E-state index in [0.29, 0.717) is 18.0 Å². The Hall–Kier alpha value is -1.63. The molecule has 1 aromatic heterocycles. The third-order valence-corrected chi connectivity index (χ3v) is 5.38. The number of carbonyl (C=O) groups excluding carboxylic acids is 1. The Morgan fingerprint density at radius 3 is 2.86 bits per heavy atom. The van der Waals surface area contributed by atoms with Crippen molar-refractivity contribution in [3.63, 3.8) is 0 Å². The molecule has 1 amide bonds. The van der Waals surface area contributed by atoms with Gasteiger partial charge >= 0.3 is 0 Å². The Labute approximate surface area is 131 Å². The van der Waals surface area contributed by atoms with E-state index in [1.807, 2.05) is 6.07 Å². The van der Waals surface area contributed by atoms with Crippen LogP contribution in [0.5, 0.6) is 0 Å². The van der Waals surface area contributed by atoms with Crippen LogP contribution in [0.1, 0.15) is 37.2 Å². The molecule has 1 aromatic rings. The molecule has 6 nitrogen and oxygen atoms in total. The molecule has 1 aliphatic rings. The Balaban J connectivity index is 1.92. The summed E-state index contributed by atoms with van der Waals surface area (Å²) < 4.78 is 22.8. The normalized spacial score (nSPS) is 20.0. The van der Waals surface area contributed by atoms with Crippen molar-refractivity contribution in [2.45, 2.75) is 32.7 Å². The van der Waals surface area contributed by atoms with Crippen LogP contribution < -0.4 is 10.6 Å². The summed E-state index contributed by atoms with van der Waals surface area (Å²) in [6.07, 6.45) is 3.10. The van der Waals surface area contributed by atoms with Crippen LogP contribution in [0.15, 0.2) is 18.3 Å². The molecule has 2 N–H and O–H groups in total. The summed E-state index contributed by atoms with van der Waals surface area (Å²) in [7, 11) is -3.00. The van der Waals surface area contributed by atoms with E-state index in [1.54, 1.807) is 12.3 Å². The first-order valence-electron chi connectivity index (χ1n) is 7.57. The SMILES string of the molecule is CC(C)CCNc1ccnc(C(=O)NC2CCS(=O)(=O)C2)c1. The molecule has 0 saturated carbocycles. The maximum absolute atomic E-state index is 12.1. The third-order valence-electron chi connectivity index (χ3n) is 3.61. The molecule has 0 aliphatic carbocycles. The second-order valence-electron chi connectivity index (χ2n) is 6.11. The predicted molar refractivity (Wildman–Crippen MR) is 86.7 cm³/mol. The predicted octanol–water partition coefficient (Wildman–Crippen LogP) is 1.46. The molecular weight excluding hydrogens is 302 g/mol. The Bertz CT molecular complexity index is 629. The van der Waals surface area contributed by atoms with E-state index in [4.69, 9.17) is 0 Å². The fourth-order valence-corrected chi connectivity index (χ4v) is 4.01. The van der Waals surface area contributed by atoms with Crippen molar-refractivity contribution in [2.24, 2.45) is 5.92 Å². The molecular formula is C15H23N3O3S. The highest BCUT2D eigenvalue weighted by Gasteiger charge is 2.29.